The molecular weight excluding hydrogens is 202 g/mol. The van der Waals surface area contributed by atoms with Crippen LogP contribution in [0, 0.1) is 10.1 Å². The lowest BCUT2D eigenvalue weighted by Crippen LogP contribution is -2.24. The first kappa shape index (κ1) is 9.32. The number of nitrogens with zero attached hydrogens (tertiary/aromatic N) is 1. The Bertz CT molecular complexity index is 465. The number of nitro groups is 1. The summed E-state index contributed by atoms with van der Waals surface area (Å²) in [5.41, 5.74) is -0.548. The van der Waals surface area contributed by atoms with Gasteiger partial charge in [-0.1, -0.05) is 6.07 Å². The summed E-state index contributed by atoms with van der Waals surface area (Å²) in [4.78, 5) is 32.5. The highest BCUT2D eigenvalue weighted by molar-refractivity contribution is 6.13. The average Bonchev–Trinajstić information content (AvgIpc) is 2.23. The van der Waals surface area contributed by atoms with Gasteiger partial charge < -0.3 is 4.74 Å². The molecule has 1 aromatic carbocycles. The van der Waals surface area contributed by atoms with Crippen LogP contribution in [0.15, 0.2) is 18.2 Å². The number of rotatable bonds is 1. The van der Waals surface area contributed by atoms with E-state index >= 15 is 0 Å². The lowest BCUT2D eigenvalue weighted by molar-refractivity contribution is -0.385. The van der Waals surface area contributed by atoms with E-state index in [-0.39, 0.29) is 16.8 Å². The Morgan fingerprint density at radius 3 is 2.73 bits per heavy atom. The molecule has 1 aliphatic heterocycles. The summed E-state index contributed by atoms with van der Waals surface area (Å²) in [6.07, 6.45) is 0. The largest absolute Gasteiger partial charge is 0.454 e. The smallest absolute Gasteiger partial charge is 0.339 e. The fourth-order valence-corrected chi connectivity index (χ4v) is 1.44. The van der Waals surface area contributed by atoms with Crippen LogP contribution in [0.3, 0.4) is 0 Å². The molecule has 1 heterocycles. The molecule has 2 rings (SSSR count). The van der Waals surface area contributed by atoms with Gasteiger partial charge in [-0.05, 0) is 6.07 Å². The fraction of sp³-hybridized carbons (Fsp3) is 0.111. The number of carbonyl (C=O) groups is 2. The van der Waals surface area contributed by atoms with Gasteiger partial charge in [-0.15, -0.1) is 0 Å². The van der Waals surface area contributed by atoms with E-state index < -0.39 is 23.3 Å². The van der Waals surface area contributed by atoms with Gasteiger partial charge in [-0.3, -0.25) is 14.9 Å². The molecule has 0 spiro atoms. The van der Waals surface area contributed by atoms with Crippen molar-refractivity contribution in [2.24, 2.45) is 0 Å². The van der Waals surface area contributed by atoms with Gasteiger partial charge in [-0.25, -0.2) is 4.79 Å². The van der Waals surface area contributed by atoms with E-state index in [2.05, 4.69) is 4.74 Å². The SMILES string of the molecule is O=C1OCC(=O)c2c1cccc2[N+](=O)[O-]. The molecule has 15 heavy (non-hydrogen) atoms. The van der Waals surface area contributed by atoms with E-state index in [4.69, 9.17) is 0 Å². The maximum absolute atomic E-state index is 11.4. The summed E-state index contributed by atoms with van der Waals surface area (Å²) in [5.74, 6) is -1.25. The third-order valence-corrected chi connectivity index (χ3v) is 2.07. The number of Topliss-reactive ketones (excluding diaryl/α,β-unsaturated/α-hetero) is 1. The number of carbonyl (C=O) groups excluding carboxylic acids is 2. The number of esters is 1. The summed E-state index contributed by atoms with van der Waals surface area (Å²) < 4.78 is 4.54. The number of fused-ring (bicyclic) bond motifs is 1. The molecule has 6 nitrogen and oxygen atoms in total. The molecule has 1 aliphatic rings. The van der Waals surface area contributed by atoms with E-state index in [1.165, 1.54) is 18.2 Å². The van der Waals surface area contributed by atoms with E-state index in [0.29, 0.717) is 0 Å². The predicted molar refractivity (Wildman–Crippen MR) is 47.7 cm³/mol. The number of nitro benzene ring substituents is 1. The highest BCUT2D eigenvalue weighted by Gasteiger charge is 2.32. The number of hydrogen-bond acceptors (Lipinski definition) is 5. The van der Waals surface area contributed by atoms with E-state index in [9.17, 15) is 19.7 Å². The van der Waals surface area contributed by atoms with Crippen LogP contribution in [0.25, 0.3) is 0 Å². The molecule has 76 valence electrons. The van der Waals surface area contributed by atoms with Gasteiger partial charge in [0.25, 0.3) is 5.69 Å². The lowest BCUT2D eigenvalue weighted by atomic mass is 10.00. The summed E-state index contributed by atoms with van der Waals surface area (Å²) in [6.45, 7) is -0.434. The summed E-state index contributed by atoms with van der Waals surface area (Å²) in [5, 5.41) is 10.6. The van der Waals surface area contributed by atoms with Crippen molar-refractivity contribution in [3.63, 3.8) is 0 Å². The molecule has 0 bridgehead atoms. The number of cyclic esters (lactones) is 1. The first-order chi connectivity index (χ1) is 7.11. The number of benzene rings is 1. The minimum atomic E-state index is -0.701. The molecule has 0 amide bonds. The first-order valence-corrected chi connectivity index (χ1v) is 4.09. The molecular formula is C9H5NO5. The molecule has 0 aromatic heterocycles. The molecule has 0 saturated heterocycles. The number of ether oxygens (including phenoxy) is 1. The second kappa shape index (κ2) is 3.16. The van der Waals surface area contributed by atoms with Crippen LogP contribution in [0.4, 0.5) is 5.69 Å². The van der Waals surface area contributed by atoms with E-state index in [1.807, 2.05) is 0 Å². The van der Waals surface area contributed by atoms with Crippen LogP contribution in [-0.2, 0) is 4.74 Å². The van der Waals surface area contributed by atoms with Crippen molar-refractivity contribution in [2.45, 2.75) is 0 Å². The number of ketones is 1. The van der Waals surface area contributed by atoms with Crippen molar-refractivity contribution in [3.05, 3.63) is 39.4 Å². The van der Waals surface area contributed by atoms with Crippen molar-refractivity contribution < 1.29 is 19.2 Å². The van der Waals surface area contributed by atoms with Crippen molar-refractivity contribution in [3.8, 4) is 0 Å². The molecule has 1 aromatic rings. The molecule has 0 radical (unpaired) electrons. The van der Waals surface area contributed by atoms with Crippen molar-refractivity contribution in [1.29, 1.82) is 0 Å². The highest BCUT2D eigenvalue weighted by atomic mass is 16.6. The Kier molecular flexibility index (Phi) is 1.96. The molecule has 0 saturated carbocycles. The predicted octanol–water partition coefficient (Wildman–Crippen LogP) is 0.948. The molecule has 0 unspecified atom stereocenters. The molecule has 0 fully saturated rings. The molecule has 0 atom stereocenters. The van der Waals surface area contributed by atoms with Crippen LogP contribution in [0.2, 0.25) is 0 Å². The van der Waals surface area contributed by atoms with Crippen molar-refractivity contribution in [2.75, 3.05) is 6.61 Å². The summed E-state index contributed by atoms with van der Waals surface area (Å²) in [6, 6.07) is 3.87. The molecule has 6 heteroatoms. The Morgan fingerprint density at radius 1 is 1.33 bits per heavy atom. The zero-order chi connectivity index (χ0) is 11.0. The zero-order valence-corrected chi connectivity index (χ0v) is 7.43. The van der Waals surface area contributed by atoms with Gasteiger partial charge in [0, 0.05) is 6.07 Å². The zero-order valence-electron chi connectivity index (χ0n) is 7.43. The van der Waals surface area contributed by atoms with E-state index in [1.54, 1.807) is 0 Å². The van der Waals surface area contributed by atoms with E-state index in [0.717, 1.165) is 0 Å². The summed E-state index contributed by atoms with van der Waals surface area (Å²) >= 11 is 0. The van der Waals surface area contributed by atoms with Crippen molar-refractivity contribution >= 4 is 17.4 Å². The van der Waals surface area contributed by atoms with Gasteiger partial charge in [-0.2, -0.15) is 0 Å². The van der Waals surface area contributed by atoms with Gasteiger partial charge in [0.2, 0.25) is 5.78 Å². The van der Waals surface area contributed by atoms with Gasteiger partial charge in [0.1, 0.15) is 5.56 Å². The van der Waals surface area contributed by atoms with Gasteiger partial charge in [0.15, 0.2) is 6.61 Å². The van der Waals surface area contributed by atoms with Crippen LogP contribution in [-0.4, -0.2) is 23.3 Å². The van der Waals surface area contributed by atoms with Crippen LogP contribution < -0.4 is 0 Å². The Morgan fingerprint density at radius 2 is 2.07 bits per heavy atom. The second-order valence-corrected chi connectivity index (χ2v) is 2.96. The first-order valence-electron chi connectivity index (χ1n) is 4.09. The quantitative estimate of drug-likeness (QED) is 0.388. The fourth-order valence-electron chi connectivity index (χ4n) is 1.44. The maximum atomic E-state index is 11.4. The minimum Gasteiger partial charge on any atom is -0.454 e. The topological polar surface area (TPSA) is 86.5 Å². The van der Waals surface area contributed by atoms with Gasteiger partial charge >= 0.3 is 5.97 Å². The van der Waals surface area contributed by atoms with Crippen LogP contribution >= 0.6 is 0 Å². The Balaban J connectivity index is 2.72. The maximum Gasteiger partial charge on any atom is 0.339 e. The summed E-state index contributed by atoms with van der Waals surface area (Å²) in [7, 11) is 0. The third kappa shape index (κ3) is 1.35. The van der Waals surface area contributed by atoms with Crippen LogP contribution in [0.1, 0.15) is 20.7 Å². The third-order valence-electron chi connectivity index (χ3n) is 2.07. The standard InChI is InChI=1S/C9H5NO5/c11-7-4-15-9(12)5-2-1-3-6(8(5)7)10(13)14/h1-3H,4H2. The Hall–Kier alpha value is -2.24. The lowest BCUT2D eigenvalue weighted by Gasteiger charge is -2.13. The molecule has 0 N–H and O–H groups in total. The van der Waals surface area contributed by atoms with Crippen molar-refractivity contribution in [1.82, 2.24) is 0 Å². The van der Waals surface area contributed by atoms with Gasteiger partial charge in [0.05, 0.1) is 10.5 Å². The Labute approximate surface area is 83.6 Å². The monoisotopic (exact) mass is 207 g/mol. The normalized spacial score (nSPS) is 14.4. The second-order valence-electron chi connectivity index (χ2n) is 2.96. The average molecular weight is 207 g/mol. The molecule has 0 aliphatic carbocycles. The highest BCUT2D eigenvalue weighted by Crippen LogP contribution is 2.26. The van der Waals surface area contributed by atoms with Crippen LogP contribution in [0.5, 0.6) is 0 Å². The minimum absolute atomic E-state index is 0.0412. The number of hydrogen-bond donors (Lipinski definition) is 0.